The number of hydrazine groups is 1. The lowest BCUT2D eigenvalue weighted by molar-refractivity contribution is 0.600. The van der Waals surface area contributed by atoms with Crippen molar-refractivity contribution in [2.45, 2.75) is 27.7 Å². The molecule has 0 atom stereocenters. The quantitative estimate of drug-likeness (QED) is 0.714. The summed E-state index contributed by atoms with van der Waals surface area (Å²) < 4.78 is 0. The zero-order valence-corrected chi connectivity index (χ0v) is 17.4. The van der Waals surface area contributed by atoms with E-state index in [2.05, 4.69) is 84.1 Å². The van der Waals surface area contributed by atoms with Crippen molar-refractivity contribution in [3.05, 3.63) is 95.4 Å². The van der Waals surface area contributed by atoms with Crippen LogP contribution < -0.4 is 15.6 Å². The fourth-order valence-electron chi connectivity index (χ4n) is 3.49. The van der Waals surface area contributed by atoms with Crippen molar-refractivity contribution in [1.82, 2.24) is 9.99 Å². The molecule has 0 radical (unpaired) electrons. The maximum Gasteiger partial charge on any atom is 0.0729 e. The summed E-state index contributed by atoms with van der Waals surface area (Å²) in [6.07, 6.45) is 12.5. The summed E-state index contributed by atoms with van der Waals surface area (Å²) in [5, 5.41) is 5.37. The van der Waals surface area contributed by atoms with Crippen LogP contribution in [0.15, 0.2) is 84.1 Å². The van der Waals surface area contributed by atoms with Crippen molar-refractivity contribution in [1.29, 1.82) is 0 Å². The third-order valence-corrected chi connectivity index (χ3v) is 5.06. The predicted molar refractivity (Wildman–Crippen MR) is 121 cm³/mol. The molecule has 29 heavy (non-hydrogen) atoms. The summed E-state index contributed by atoms with van der Waals surface area (Å²) >= 11 is 0. The fraction of sp³-hybridized carbons (Fsp3) is 0.208. The van der Waals surface area contributed by atoms with E-state index in [1.165, 1.54) is 28.1 Å². The first kappa shape index (κ1) is 18.9. The second-order valence-electron chi connectivity index (χ2n) is 7.38. The van der Waals surface area contributed by atoms with Gasteiger partial charge in [-0.3, -0.25) is 15.4 Å². The number of nitrogens with zero attached hydrogens (tertiary/aromatic N) is 3. The Hall–Kier alpha value is -3.47. The van der Waals surface area contributed by atoms with Gasteiger partial charge in [-0.15, -0.1) is 0 Å². The Kier molecular flexibility index (Phi) is 5.12. The number of fused-ring (bicyclic) bond motifs is 1. The Morgan fingerprint density at radius 3 is 2.55 bits per heavy atom. The molecule has 0 amide bonds. The molecule has 1 aromatic carbocycles. The second-order valence-corrected chi connectivity index (χ2v) is 7.38. The van der Waals surface area contributed by atoms with Crippen LogP contribution in [-0.4, -0.2) is 16.5 Å². The Bertz CT molecular complexity index is 1030. The highest BCUT2D eigenvalue weighted by atomic mass is 15.5. The van der Waals surface area contributed by atoms with Gasteiger partial charge in [0.25, 0.3) is 0 Å². The summed E-state index contributed by atoms with van der Waals surface area (Å²) in [6.45, 7) is 9.31. The van der Waals surface area contributed by atoms with E-state index >= 15 is 0 Å². The molecule has 4 rings (SSSR count). The zero-order chi connectivity index (χ0) is 20.4. The number of nitrogens with one attached hydrogen (secondary N) is 2. The van der Waals surface area contributed by atoms with E-state index in [9.17, 15) is 0 Å². The zero-order valence-electron chi connectivity index (χ0n) is 17.4. The van der Waals surface area contributed by atoms with Crippen molar-refractivity contribution < 1.29 is 0 Å². The third kappa shape index (κ3) is 4.04. The number of anilines is 3. The van der Waals surface area contributed by atoms with Gasteiger partial charge in [0.1, 0.15) is 0 Å². The van der Waals surface area contributed by atoms with Gasteiger partial charge in [0.2, 0.25) is 0 Å². The topological polar surface area (TPSA) is 43.4 Å². The van der Waals surface area contributed by atoms with E-state index in [0.717, 1.165) is 23.6 Å². The predicted octanol–water partition coefficient (Wildman–Crippen LogP) is 5.48. The molecule has 0 saturated carbocycles. The van der Waals surface area contributed by atoms with Crippen LogP contribution in [0, 0.1) is 13.8 Å². The van der Waals surface area contributed by atoms with Gasteiger partial charge in [0, 0.05) is 53.4 Å². The molecule has 2 N–H and O–H groups in total. The van der Waals surface area contributed by atoms with E-state index in [-0.39, 0.29) is 0 Å². The second kappa shape index (κ2) is 7.87. The average molecular weight is 386 g/mol. The number of pyridine rings is 1. The third-order valence-electron chi connectivity index (χ3n) is 5.06. The van der Waals surface area contributed by atoms with E-state index in [1.54, 1.807) is 0 Å². The fourth-order valence-corrected chi connectivity index (χ4v) is 3.49. The van der Waals surface area contributed by atoms with Crippen molar-refractivity contribution in [2.24, 2.45) is 0 Å². The highest BCUT2D eigenvalue weighted by molar-refractivity contribution is 5.70. The number of hydrogen-bond acceptors (Lipinski definition) is 5. The Morgan fingerprint density at radius 1 is 0.966 bits per heavy atom. The molecule has 3 heterocycles. The number of aryl methyl sites for hydroxylation is 2. The minimum Gasteiger partial charge on any atom is -0.385 e. The van der Waals surface area contributed by atoms with Gasteiger partial charge in [-0.05, 0) is 69.7 Å². The molecule has 5 nitrogen and oxygen atoms in total. The Balaban J connectivity index is 1.58. The van der Waals surface area contributed by atoms with Crippen LogP contribution >= 0.6 is 0 Å². The molecule has 1 aromatic heterocycles. The van der Waals surface area contributed by atoms with Gasteiger partial charge >= 0.3 is 0 Å². The minimum absolute atomic E-state index is 0.910. The van der Waals surface area contributed by atoms with E-state index < -0.39 is 0 Å². The maximum absolute atomic E-state index is 4.34. The smallest absolute Gasteiger partial charge is 0.0729 e. The van der Waals surface area contributed by atoms with Crippen LogP contribution in [-0.2, 0) is 0 Å². The maximum atomic E-state index is 4.34. The number of allylic oxidation sites excluding steroid dienone is 5. The van der Waals surface area contributed by atoms with Gasteiger partial charge in [0.05, 0.1) is 17.6 Å². The van der Waals surface area contributed by atoms with Crippen molar-refractivity contribution in [2.75, 3.05) is 22.2 Å². The molecule has 0 spiro atoms. The molecule has 148 valence electrons. The number of rotatable bonds is 5. The van der Waals surface area contributed by atoms with Gasteiger partial charge in [0.15, 0.2) is 0 Å². The summed E-state index contributed by atoms with van der Waals surface area (Å²) in [6, 6.07) is 10.5. The van der Waals surface area contributed by atoms with Gasteiger partial charge in [-0.25, -0.2) is 0 Å². The molecule has 0 aliphatic carbocycles. The summed E-state index contributed by atoms with van der Waals surface area (Å²) in [5.41, 5.74) is 12.5. The van der Waals surface area contributed by atoms with Gasteiger partial charge in [-0.2, -0.15) is 0 Å². The van der Waals surface area contributed by atoms with E-state index in [0.29, 0.717) is 0 Å². The van der Waals surface area contributed by atoms with Crippen molar-refractivity contribution >= 4 is 17.1 Å². The first-order valence-corrected chi connectivity index (χ1v) is 9.95. The monoisotopic (exact) mass is 385 g/mol. The highest BCUT2D eigenvalue weighted by Gasteiger charge is 2.19. The molecular formula is C24H27N5. The van der Waals surface area contributed by atoms with Crippen LogP contribution in [0.3, 0.4) is 0 Å². The number of aromatic nitrogens is 1. The highest BCUT2D eigenvalue weighted by Crippen LogP contribution is 2.34. The summed E-state index contributed by atoms with van der Waals surface area (Å²) in [5.74, 6) is 0. The van der Waals surface area contributed by atoms with E-state index in [4.69, 9.17) is 0 Å². The molecule has 5 heteroatoms. The summed E-state index contributed by atoms with van der Waals surface area (Å²) in [4.78, 5) is 6.61. The SMILES string of the molecule is CCNc1ccc(C)c(N2C=C3C=CN(Nc4ccc(C)nc4)C=C3C=C2C)c1. The molecule has 2 aliphatic heterocycles. The lowest BCUT2D eigenvalue weighted by Crippen LogP contribution is -2.24. The summed E-state index contributed by atoms with van der Waals surface area (Å²) in [7, 11) is 0. The average Bonchev–Trinajstić information content (AvgIpc) is 2.71. The number of hydrogen-bond donors (Lipinski definition) is 2. The molecule has 0 fully saturated rings. The molecule has 2 aliphatic rings. The molecule has 0 saturated heterocycles. The molecule has 2 aromatic rings. The van der Waals surface area contributed by atoms with Crippen LogP contribution in [0.5, 0.6) is 0 Å². The van der Waals surface area contributed by atoms with Crippen LogP contribution in [0.1, 0.15) is 25.1 Å². The van der Waals surface area contributed by atoms with Crippen LogP contribution in [0.4, 0.5) is 17.1 Å². The van der Waals surface area contributed by atoms with E-state index in [1.807, 2.05) is 36.5 Å². The largest absolute Gasteiger partial charge is 0.385 e. The lowest BCUT2D eigenvalue weighted by atomic mass is 10.0. The van der Waals surface area contributed by atoms with Gasteiger partial charge in [-0.1, -0.05) is 6.07 Å². The molecular weight excluding hydrogens is 358 g/mol. The lowest BCUT2D eigenvalue weighted by Gasteiger charge is -2.31. The first-order chi connectivity index (χ1) is 14.0. The number of benzene rings is 1. The first-order valence-electron chi connectivity index (χ1n) is 9.95. The van der Waals surface area contributed by atoms with Crippen LogP contribution in [0.2, 0.25) is 0 Å². The van der Waals surface area contributed by atoms with Gasteiger partial charge < -0.3 is 10.2 Å². The molecule has 0 unspecified atom stereocenters. The molecule has 0 bridgehead atoms. The minimum atomic E-state index is 0.910. The normalized spacial score (nSPS) is 15.4. The van der Waals surface area contributed by atoms with Crippen molar-refractivity contribution in [3.8, 4) is 0 Å². The Labute approximate surface area is 172 Å². The standard InChI is InChI=1S/C24H27N5/c1-5-25-22-8-6-17(2)24(13-22)29-16-20-10-11-28(15-21(20)12-19(29)4)27-23-9-7-18(3)26-14-23/h6-16,25,27H,5H2,1-4H3. The van der Waals surface area contributed by atoms with Crippen LogP contribution in [0.25, 0.3) is 0 Å². The van der Waals surface area contributed by atoms with Crippen molar-refractivity contribution in [3.63, 3.8) is 0 Å². The Morgan fingerprint density at radius 2 is 1.79 bits per heavy atom.